The van der Waals surface area contributed by atoms with E-state index in [2.05, 4.69) is 9.97 Å². The second-order valence-electron chi connectivity index (χ2n) is 1.99. The second-order valence-corrected chi connectivity index (χ2v) is 2.97. The predicted octanol–water partition coefficient (Wildman–Crippen LogP) is -0.540. The molecule has 0 aliphatic carbocycles. The van der Waals surface area contributed by atoms with Gasteiger partial charge in [0.1, 0.15) is 28.4 Å². The maximum Gasteiger partial charge on any atom is 0.147 e. The van der Waals surface area contributed by atoms with Crippen molar-refractivity contribution >= 4 is 10.7 Å². The molecule has 0 saturated heterocycles. The molecule has 12 heavy (non-hydrogen) atoms. The summed E-state index contributed by atoms with van der Waals surface area (Å²) in [6.07, 6.45) is 2.59. The Balaban J connectivity index is 2.86. The summed E-state index contributed by atoms with van der Waals surface area (Å²) in [6, 6.07) is 1.83. The van der Waals surface area contributed by atoms with Crippen LogP contribution in [0.2, 0.25) is 0 Å². The minimum absolute atomic E-state index is 0.180. The van der Waals surface area contributed by atoms with Gasteiger partial charge in [0, 0.05) is 12.4 Å². The first kappa shape index (κ1) is 8.62. The molecule has 0 radical (unpaired) electrons. The molecule has 1 aromatic rings. The monoisotopic (exact) mass is 183 g/mol. The Hall–Kier alpha value is -1.48. The lowest BCUT2D eigenvalue weighted by molar-refractivity contribution is 0.612. The fraction of sp³-hybridized carbons (Fsp3) is 0.167. The van der Waals surface area contributed by atoms with Crippen molar-refractivity contribution < 1.29 is 8.42 Å². The largest absolute Gasteiger partial charge is 0.239 e. The average Bonchev–Trinajstić information content (AvgIpc) is 2.05. The average molecular weight is 183 g/mol. The van der Waals surface area contributed by atoms with Crippen LogP contribution >= 0.6 is 0 Å². The van der Waals surface area contributed by atoms with Crippen LogP contribution in [0.5, 0.6) is 0 Å². The highest BCUT2D eigenvalue weighted by atomic mass is 32.2. The zero-order valence-electron chi connectivity index (χ0n) is 5.97. The van der Waals surface area contributed by atoms with E-state index in [-0.39, 0.29) is 11.6 Å². The van der Waals surface area contributed by atoms with Gasteiger partial charge >= 0.3 is 0 Å². The topological polar surface area (TPSA) is 83.7 Å². The van der Waals surface area contributed by atoms with Crippen molar-refractivity contribution in [1.29, 1.82) is 5.26 Å². The SMILES string of the molecule is N#Cc1cnc(C[SH](=O)=O)nc1. The first-order valence-electron chi connectivity index (χ1n) is 3.05. The molecule has 1 aromatic heterocycles. The van der Waals surface area contributed by atoms with Gasteiger partial charge in [-0.05, 0) is 0 Å². The van der Waals surface area contributed by atoms with Crippen molar-refractivity contribution in [1.82, 2.24) is 9.97 Å². The van der Waals surface area contributed by atoms with Crippen molar-refractivity contribution in [3.63, 3.8) is 0 Å². The Morgan fingerprint density at radius 1 is 1.42 bits per heavy atom. The van der Waals surface area contributed by atoms with Crippen molar-refractivity contribution in [2.45, 2.75) is 5.75 Å². The van der Waals surface area contributed by atoms with E-state index in [1.54, 1.807) is 0 Å². The Morgan fingerprint density at radius 3 is 2.42 bits per heavy atom. The van der Waals surface area contributed by atoms with Crippen LogP contribution in [0, 0.1) is 11.3 Å². The van der Waals surface area contributed by atoms with Crippen molar-refractivity contribution in [3.8, 4) is 6.07 Å². The second kappa shape index (κ2) is 3.78. The molecule has 0 fully saturated rings. The van der Waals surface area contributed by atoms with Crippen LogP contribution in [0.25, 0.3) is 0 Å². The molecule has 5 nitrogen and oxygen atoms in total. The number of rotatable bonds is 2. The van der Waals surface area contributed by atoms with Gasteiger partial charge in [0.25, 0.3) is 0 Å². The molecule has 0 unspecified atom stereocenters. The van der Waals surface area contributed by atoms with Crippen LogP contribution in [-0.2, 0) is 16.5 Å². The van der Waals surface area contributed by atoms with Crippen LogP contribution in [0.3, 0.4) is 0 Å². The van der Waals surface area contributed by atoms with E-state index in [1.165, 1.54) is 12.4 Å². The third kappa shape index (κ3) is 2.29. The molecule has 0 aliphatic rings. The van der Waals surface area contributed by atoms with Gasteiger partial charge in [0.05, 0.1) is 5.56 Å². The molecule has 0 N–H and O–H groups in total. The molecule has 0 spiro atoms. The Kier molecular flexibility index (Phi) is 2.71. The van der Waals surface area contributed by atoms with Crippen LogP contribution in [0.15, 0.2) is 12.4 Å². The molecule has 0 aliphatic heterocycles. The highest BCUT2D eigenvalue weighted by Gasteiger charge is 1.97. The molecule has 0 bridgehead atoms. The molecule has 62 valence electrons. The van der Waals surface area contributed by atoms with Gasteiger partial charge < -0.3 is 0 Å². The van der Waals surface area contributed by atoms with Gasteiger partial charge in [-0.15, -0.1) is 0 Å². The van der Waals surface area contributed by atoms with Crippen molar-refractivity contribution in [3.05, 3.63) is 23.8 Å². The van der Waals surface area contributed by atoms with Crippen LogP contribution < -0.4 is 0 Å². The summed E-state index contributed by atoms with van der Waals surface area (Å²) in [5.74, 6) is 0.0335. The maximum absolute atomic E-state index is 10.2. The Bertz CT molecular complexity index is 369. The summed E-state index contributed by atoms with van der Waals surface area (Å²) in [5.41, 5.74) is 0.319. The number of hydrogen-bond acceptors (Lipinski definition) is 5. The van der Waals surface area contributed by atoms with E-state index in [9.17, 15) is 8.42 Å². The van der Waals surface area contributed by atoms with Gasteiger partial charge in [0.15, 0.2) is 0 Å². The standard InChI is InChI=1S/C6H5N3O2S/c7-1-5-2-8-6(9-3-5)4-12(10)11/h2-3,12H,4H2. The fourth-order valence-electron chi connectivity index (χ4n) is 0.610. The van der Waals surface area contributed by atoms with Gasteiger partial charge in [-0.1, -0.05) is 0 Å². The highest BCUT2D eigenvalue weighted by molar-refractivity contribution is 7.71. The number of nitrogens with zero attached hydrogens (tertiary/aromatic N) is 3. The maximum atomic E-state index is 10.2. The first-order valence-corrected chi connectivity index (χ1v) is 4.41. The summed E-state index contributed by atoms with van der Waals surface area (Å²) in [6.45, 7) is 0. The summed E-state index contributed by atoms with van der Waals surface area (Å²) in [7, 11) is -2.50. The Labute approximate surface area is 70.7 Å². The molecular weight excluding hydrogens is 178 g/mol. The van der Waals surface area contributed by atoms with Crippen LogP contribution in [0.4, 0.5) is 0 Å². The third-order valence-electron chi connectivity index (χ3n) is 1.10. The zero-order valence-corrected chi connectivity index (χ0v) is 6.86. The molecule has 6 heteroatoms. The van der Waals surface area contributed by atoms with E-state index >= 15 is 0 Å². The number of aromatic nitrogens is 2. The third-order valence-corrected chi connectivity index (χ3v) is 1.65. The lowest BCUT2D eigenvalue weighted by Gasteiger charge is -1.91. The van der Waals surface area contributed by atoms with E-state index in [0.29, 0.717) is 5.56 Å². The molecular formula is C6H5N3O2S. The lowest BCUT2D eigenvalue weighted by Crippen LogP contribution is -1.95. The molecule has 1 rings (SSSR count). The molecule has 0 saturated carbocycles. The summed E-state index contributed by atoms with van der Waals surface area (Å²) in [4.78, 5) is 7.34. The first-order chi connectivity index (χ1) is 5.72. The minimum Gasteiger partial charge on any atom is -0.239 e. The lowest BCUT2D eigenvalue weighted by atomic mass is 10.4. The van der Waals surface area contributed by atoms with E-state index in [4.69, 9.17) is 5.26 Å². The van der Waals surface area contributed by atoms with E-state index in [1.807, 2.05) is 6.07 Å². The van der Waals surface area contributed by atoms with Crippen molar-refractivity contribution in [2.75, 3.05) is 0 Å². The molecule has 0 amide bonds. The highest BCUT2D eigenvalue weighted by Crippen LogP contribution is 1.94. The summed E-state index contributed by atoms with van der Waals surface area (Å²) >= 11 is 0. The predicted molar refractivity (Wildman–Crippen MR) is 40.8 cm³/mol. The van der Waals surface area contributed by atoms with Gasteiger partial charge in [-0.25, -0.2) is 18.4 Å². The zero-order chi connectivity index (χ0) is 8.97. The minimum atomic E-state index is -2.50. The molecule has 1 heterocycles. The van der Waals surface area contributed by atoms with Crippen LogP contribution in [-0.4, -0.2) is 18.4 Å². The van der Waals surface area contributed by atoms with Crippen molar-refractivity contribution in [2.24, 2.45) is 0 Å². The number of thiol groups is 1. The molecule has 0 aromatic carbocycles. The van der Waals surface area contributed by atoms with E-state index in [0.717, 1.165) is 0 Å². The normalized spacial score (nSPS) is 9.67. The number of nitriles is 1. The smallest absolute Gasteiger partial charge is 0.147 e. The fourth-order valence-corrected chi connectivity index (χ4v) is 1.00. The quantitative estimate of drug-likeness (QED) is 0.622. The Morgan fingerprint density at radius 2 is 2.00 bits per heavy atom. The van der Waals surface area contributed by atoms with Gasteiger partial charge in [0.2, 0.25) is 0 Å². The van der Waals surface area contributed by atoms with Crippen LogP contribution in [0.1, 0.15) is 11.4 Å². The van der Waals surface area contributed by atoms with Gasteiger partial charge in [-0.2, -0.15) is 5.26 Å². The summed E-state index contributed by atoms with van der Waals surface area (Å²) < 4.78 is 20.4. The van der Waals surface area contributed by atoms with Gasteiger partial charge in [-0.3, -0.25) is 0 Å². The molecule has 0 atom stereocenters. The van der Waals surface area contributed by atoms with E-state index < -0.39 is 10.7 Å². The number of hydrogen-bond donors (Lipinski definition) is 1. The summed E-state index contributed by atoms with van der Waals surface area (Å²) in [5, 5.41) is 8.36.